The third-order valence-electron chi connectivity index (χ3n) is 3.65. The van der Waals surface area contributed by atoms with Crippen LogP contribution in [-0.4, -0.2) is 32.4 Å². The van der Waals surface area contributed by atoms with E-state index in [1.807, 2.05) is 0 Å². The Labute approximate surface area is 179 Å². The molecule has 2 N–H and O–H groups in total. The van der Waals surface area contributed by atoms with Crippen molar-refractivity contribution in [3.05, 3.63) is 58.1 Å². The first kappa shape index (κ1) is 23.2. The highest BCUT2D eigenvalue weighted by molar-refractivity contribution is 7.89. The molecule has 1 unspecified atom stereocenters. The molecule has 1 atom stereocenters. The fourth-order valence-electron chi connectivity index (χ4n) is 2.27. The summed E-state index contributed by atoms with van der Waals surface area (Å²) in [5.41, 5.74) is 0.396. The Balaban J connectivity index is 2.03. The molecule has 0 aliphatic rings. The molecule has 0 radical (unpaired) electrons. The molecule has 0 saturated heterocycles. The fraction of sp³-hybridized carbons (Fsp3) is 0.263. The van der Waals surface area contributed by atoms with E-state index in [0.717, 1.165) is 0 Å². The summed E-state index contributed by atoms with van der Waals surface area (Å²) in [4.78, 5) is 24.5. The number of halogens is 2. The van der Waals surface area contributed by atoms with Gasteiger partial charge in [0.05, 0.1) is 26.2 Å². The van der Waals surface area contributed by atoms with Crippen molar-refractivity contribution in [2.45, 2.75) is 37.8 Å². The van der Waals surface area contributed by atoms with Crippen LogP contribution in [0.25, 0.3) is 0 Å². The molecule has 2 aromatic carbocycles. The van der Waals surface area contributed by atoms with Crippen LogP contribution in [0.4, 0.5) is 5.69 Å². The number of ether oxygens (including phenoxy) is 1. The minimum absolute atomic E-state index is 0.0177. The first-order valence-corrected chi connectivity index (χ1v) is 10.8. The van der Waals surface area contributed by atoms with Crippen molar-refractivity contribution in [2.24, 2.45) is 0 Å². The topological polar surface area (TPSA) is 102 Å². The molecule has 10 heteroatoms. The van der Waals surface area contributed by atoms with E-state index in [9.17, 15) is 18.0 Å². The number of sulfonamides is 1. The summed E-state index contributed by atoms with van der Waals surface area (Å²) >= 11 is 11.9. The van der Waals surface area contributed by atoms with Crippen LogP contribution >= 0.6 is 23.2 Å². The smallest absolute Gasteiger partial charge is 0.338 e. The predicted molar refractivity (Wildman–Crippen MR) is 112 cm³/mol. The highest BCUT2D eigenvalue weighted by Crippen LogP contribution is 2.29. The Hall–Kier alpha value is -2.13. The second-order valence-electron chi connectivity index (χ2n) is 6.44. The van der Waals surface area contributed by atoms with Crippen LogP contribution in [0.5, 0.6) is 0 Å². The quantitative estimate of drug-likeness (QED) is 0.613. The second kappa shape index (κ2) is 9.58. The largest absolute Gasteiger partial charge is 0.449 e. The maximum Gasteiger partial charge on any atom is 0.338 e. The number of rotatable bonds is 7. The van der Waals surface area contributed by atoms with Gasteiger partial charge in [0.2, 0.25) is 10.0 Å². The highest BCUT2D eigenvalue weighted by atomic mass is 35.5. The minimum Gasteiger partial charge on any atom is -0.449 e. The predicted octanol–water partition coefficient (Wildman–Crippen LogP) is 3.86. The van der Waals surface area contributed by atoms with E-state index in [-0.39, 0.29) is 26.5 Å². The van der Waals surface area contributed by atoms with Crippen LogP contribution in [0, 0.1) is 0 Å². The van der Waals surface area contributed by atoms with Crippen molar-refractivity contribution in [3.63, 3.8) is 0 Å². The number of carbonyl (C=O) groups is 2. The third kappa shape index (κ3) is 6.17. The fourth-order valence-corrected chi connectivity index (χ4v) is 3.86. The van der Waals surface area contributed by atoms with Gasteiger partial charge in [-0.25, -0.2) is 17.9 Å². The zero-order chi connectivity index (χ0) is 21.8. The Morgan fingerprint density at radius 1 is 1.00 bits per heavy atom. The van der Waals surface area contributed by atoms with Crippen LogP contribution in [0.15, 0.2) is 47.4 Å². The van der Waals surface area contributed by atoms with Crippen molar-refractivity contribution < 1.29 is 22.7 Å². The summed E-state index contributed by atoms with van der Waals surface area (Å²) in [6, 6.07) is 9.69. The molecule has 2 aromatic rings. The van der Waals surface area contributed by atoms with Gasteiger partial charge < -0.3 is 10.1 Å². The Morgan fingerprint density at radius 2 is 1.62 bits per heavy atom. The molecule has 29 heavy (non-hydrogen) atoms. The van der Waals surface area contributed by atoms with Gasteiger partial charge in [0.25, 0.3) is 5.91 Å². The van der Waals surface area contributed by atoms with Gasteiger partial charge in [0, 0.05) is 6.04 Å². The highest BCUT2D eigenvalue weighted by Gasteiger charge is 2.21. The van der Waals surface area contributed by atoms with Crippen LogP contribution in [0.3, 0.4) is 0 Å². The lowest BCUT2D eigenvalue weighted by Gasteiger charge is -2.15. The zero-order valence-corrected chi connectivity index (χ0v) is 18.2. The van der Waals surface area contributed by atoms with E-state index < -0.39 is 28.0 Å². The molecule has 0 aromatic heterocycles. The lowest BCUT2D eigenvalue weighted by Crippen LogP contribution is -2.30. The Kier molecular flexibility index (Phi) is 7.65. The molecular formula is C19H20Cl2N2O5S. The summed E-state index contributed by atoms with van der Waals surface area (Å²) in [7, 11) is -3.67. The first-order chi connectivity index (χ1) is 13.5. The molecule has 0 bridgehead atoms. The first-order valence-electron chi connectivity index (χ1n) is 8.59. The van der Waals surface area contributed by atoms with Gasteiger partial charge in [0.1, 0.15) is 0 Å². The second-order valence-corrected chi connectivity index (χ2v) is 8.94. The van der Waals surface area contributed by atoms with E-state index >= 15 is 0 Å². The van der Waals surface area contributed by atoms with Crippen molar-refractivity contribution in [3.8, 4) is 0 Å². The molecule has 7 nitrogen and oxygen atoms in total. The lowest BCUT2D eigenvalue weighted by molar-refractivity contribution is -0.123. The van der Waals surface area contributed by atoms with E-state index in [1.54, 1.807) is 32.0 Å². The minimum atomic E-state index is -3.67. The van der Waals surface area contributed by atoms with Gasteiger partial charge in [-0.1, -0.05) is 29.3 Å². The van der Waals surface area contributed by atoms with Crippen molar-refractivity contribution in [1.82, 2.24) is 4.72 Å². The molecule has 0 heterocycles. The summed E-state index contributed by atoms with van der Waals surface area (Å²) in [6.07, 6.45) is -1.12. The van der Waals surface area contributed by atoms with E-state index in [2.05, 4.69) is 10.0 Å². The number of esters is 1. The van der Waals surface area contributed by atoms with Crippen molar-refractivity contribution >= 4 is 50.8 Å². The van der Waals surface area contributed by atoms with Gasteiger partial charge in [-0.2, -0.15) is 0 Å². The summed E-state index contributed by atoms with van der Waals surface area (Å²) < 4.78 is 31.8. The van der Waals surface area contributed by atoms with Crippen molar-refractivity contribution in [2.75, 3.05) is 5.32 Å². The lowest BCUT2D eigenvalue weighted by atomic mass is 10.2. The van der Waals surface area contributed by atoms with E-state index in [1.165, 1.54) is 31.2 Å². The summed E-state index contributed by atoms with van der Waals surface area (Å²) in [5.74, 6) is -1.37. The van der Waals surface area contributed by atoms with Gasteiger partial charge in [0.15, 0.2) is 6.10 Å². The normalized spacial score (nSPS) is 12.5. The molecule has 0 aliphatic heterocycles. The van der Waals surface area contributed by atoms with Crippen LogP contribution < -0.4 is 10.0 Å². The summed E-state index contributed by atoms with van der Waals surface area (Å²) in [5, 5.41) is 2.98. The van der Waals surface area contributed by atoms with E-state index in [0.29, 0.717) is 5.69 Å². The van der Waals surface area contributed by atoms with Crippen LogP contribution in [0.1, 0.15) is 31.1 Å². The molecule has 0 spiro atoms. The number of amides is 1. The van der Waals surface area contributed by atoms with Gasteiger partial charge in [-0.05, 0) is 57.2 Å². The number of hydrogen-bond acceptors (Lipinski definition) is 5. The number of nitrogens with one attached hydrogen (secondary N) is 2. The Bertz CT molecular complexity index is 1010. The SMILES string of the molecule is CC(C)NS(=O)(=O)c1ccc(C(=O)OC(C)C(=O)Nc2cccc(Cl)c2Cl)cc1. The zero-order valence-electron chi connectivity index (χ0n) is 15.9. The number of anilines is 1. The maximum atomic E-state index is 12.3. The van der Waals surface area contributed by atoms with Gasteiger partial charge in [-0.15, -0.1) is 0 Å². The number of benzene rings is 2. The van der Waals surface area contributed by atoms with Crippen molar-refractivity contribution in [1.29, 1.82) is 0 Å². The molecule has 156 valence electrons. The molecule has 0 fully saturated rings. The number of hydrogen-bond donors (Lipinski definition) is 2. The average molecular weight is 459 g/mol. The molecular weight excluding hydrogens is 439 g/mol. The van der Waals surface area contributed by atoms with Crippen LogP contribution in [-0.2, 0) is 19.6 Å². The monoisotopic (exact) mass is 458 g/mol. The Morgan fingerprint density at radius 3 is 2.21 bits per heavy atom. The molecule has 0 aliphatic carbocycles. The van der Waals surface area contributed by atoms with E-state index in [4.69, 9.17) is 27.9 Å². The number of carbonyl (C=O) groups excluding carboxylic acids is 2. The van der Waals surface area contributed by atoms with Gasteiger partial charge >= 0.3 is 5.97 Å². The van der Waals surface area contributed by atoms with Gasteiger partial charge in [-0.3, -0.25) is 4.79 Å². The maximum absolute atomic E-state index is 12.3. The molecule has 2 rings (SSSR count). The molecule has 1 amide bonds. The van der Waals surface area contributed by atoms with Crippen LogP contribution in [0.2, 0.25) is 10.0 Å². The summed E-state index contributed by atoms with van der Waals surface area (Å²) in [6.45, 7) is 4.80. The molecule has 0 saturated carbocycles. The average Bonchev–Trinajstić information content (AvgIpc) is 2.64. The standard InChI is InChI=1S/C19H20Cl2N2O5S/c1-11(2)23-29(26,27)14-9-7-13(8-10-14)19(25)28-12(3)18(24)22-16-6-4-5-15(20)17(16)21/h4-12,23H,1-3H3,(H,22,24). The third-order valence-corrected chi connectivity index (χ3v) is 6.15.